The molecule has 0 radical (unpaired) electrons. The van der Waals surface area contributed by atoms with Crippen molar-refractivity contribution in [2.75, 3.05) is 11.6 Å². The molecule has 19 heavy (non-hydrogen) atoms. The number of thioether (sulfide) groups is 1. The molecule has 0 saturated heterocycles. The summed E-state index contributed by atoms with van der Waals surface area (Å²) in [6, 6.07) is 15.2. The van der Waals surface area contributed by atoms with Gasteiger partial charge in [0.1, 0.15) is 0 Å². The summed E-state index contributed by atoms with van der Waals surface area (Å²) in [6.45, 7) is 0. The van der Waals surface area contributed by atoms with Crippen LogP contribution < -0.4 is 5.32 Å². The summed E-state index contributed by atoms with van der Waals surface area (Å²) in [5.41, 5.74) is 1.64. The molecule has 2 nitrogen and oxygen atoms in total. The van der Waals surface area contributed by atoms with Gasteiger partial charge in [0.05, 0.1) is 17.1 Å². The maximum Gasteiger partial charge on any atom is 0.228 e. The number of hydrogen-bond acceptors (Lipinski definition) is 2. The SMILES string of the molecule is CSc1ccc(CC(=O)Nc2ccccc2Cl)cc1. The first-order valence-electron chi connectivity index (χ1n) is 5.86. The maximum absolute atomic E-state index is 11.9. The van der Waals surface area contributed by atoms with E-state index in [1.165, 1.54) is 4.90 Å². The van der Waals surface area contributed by atoms with Crippen molar-refractivity contribution in [3.63, 3.8) is 0 Å². The summed E-state index contributed by atoms with van der Waals surface area (Å²) in [5, 5.41) is 3.36. The Labute approximate surface area is 122 Å². The minimum Gasteiger partial charge on any atom is -0.324 e. The summed E-state index contributed by atoms with van der Waals surface area (Å²) in [6.07, 6.45) is 2.37. The fraction of sp³-hybridized carbons (Fsp3) is 0.133. The number of nitrogens with one attached hydrogen (secondary N) is 1. The monoisotopic (exact) mass is 291 g/mol. The van der Waals surface area contributed by atoms with E-state index in [0.717, 1.165) is 5.56 Å². The lowest BCUT2D eigenvalue weighted by molar-refractivity contribution is -0.115. The summed E-state index contributed by atoms with van der Waals surface area (Å²) in [7, 11) is 0. The number of halogens is 1. The first-order chi connectivity index (χ1) is 9.19. The van der Waals surface area contributed by atoms with Gasteiger partial charge < -0.3 is 5.32 Å². The maximum atomic E-state index is 11.9. The molecule has 0 aliphatic carbocycles. The van der Waals surface area contributed by atoms with Crippen LogP contribution in [0.4, 0.5) is 5.69 Å². The quantitative estimate of drug-likeness (QED) is 0.854. The van der Waals surface area contributed by atoms with E-state index >= 15 is 0 Å². The zero-order chi connectivity index (χ0) is 13.7. The molecule has 2 aromatic carbocycles. The zero-order valence-electron chi connectivity index (χ0n) is 10.5. The number of amides is 1. The van der Waals surface area contributed by atoms with E-state index in [1.807, 2.05) is 42.7 Å². The standard InChI is InChI=1S/C15H14ClNOS/c1-19-12-8-6-11(7-9-12)10-15(18)17-14-5-3-2-4-13(14)16/h2-9H,10H2,1H3,(H,17,18). The summed E-state index contributed by atoms with van der Waals surface area (Å²) < 4.78 is 0. The molecule has 0 saturated carbocycles. The highest BCUT2D eigenvalue weighted by Gasteiger charge is 2.06. The van der Waals surface area contributed by atoms with Crippen molar-refractivity contribution in [1.82, 2.24) is 0 Å². The van der Waals surface area contributed by atoms with E-state index in [4.69, 9.17) is 11.6 Å². The van der Waals surface area contributed by atoms with Gasteiger partial charge in [-0.1, -0.05) is 35.9 Å². The Morgan fingerprint density at radius 3 is 2.47 bits per heavy atom. The molecular formula is C15H14ClNOS. The normalized spacial score (nSPS) is 10.2. The van der Waals surface area contributed by atoms with Crippen LogP contribution in [0.1, 0.15) is 5.56 Å². The first-order valence-corrected chi connectivity index (χ1v) is 7.46. The molecule has 0 heterocycles. The molecule has 0 spiro atoms. The Balaban J connectivity index is 1.99. The van der Waals surface area contributed by atoms with Gasteiger partial charge in [0, 0.05) is 4.90 Å². The molecule has 0 aromatic heterocycles. The highest BCUT2D eigenvalue weighted by molar-refractivity contribution is 7.98. The van der Waals surface area contributed by atoms with Gasteiger partial charge in [-0.3, -0.25) is 4.79 Å². The summed E-state index contributed by atoms with van der Waals surface area (Å²) in [5.74, 6) is -0.0648. The smallest absolute Gasteiger partial charge is 0.228 e. The lowest BCUT2D eigenvalue weighted by atomic mass is 10.1. The fourth-order valence-electron chi connectivity index (χ4n) is 1.69. The highest BCUT2D eigenvalue weighted by atomic mass is 35.5. The number of hydrogen-bond donors (Lipinski definition) is 1. The number of benzene rings is 2. The molecule has 2 aromatic rings. The lowest BCUT2D eigenvalue weighted by Crippen LogP contribution is -2.14. The minimum absolute atomic E-state index is 0.0648. The van der Waals surface area contributed by atoms with Crippen LogP contribution in [-0.2, 0) is 11.2 Å². The predicted octanol–water partition coefficient (Wildman–Crippen LogP) is 4.24. The van der Waals surface area contributed by atoms with Gasteiger partial charge in [-0.2, -0.15) is 0 Å². The molecular weight excluding hydrogens is 278 g/mol. The second-order valence-electron chi connectivity index (χ2n) is 4.05. The molecule has 2 rings (SSSR count). The number of para-hydroxylation sites is 1. The van der Waals surface area contributed by atoms with E-state index in [0.29, 0.717) is 17.1 Å². The van der Waals surface area contributed by atoms with Crippen LogP contribution in [0.25, 0.3) is 0 Å². The van der Waals surface area contributed by atoms with Crippen LogP contribution in [0.15, 0.2) is 53.4 Å². The van der Waals surface area contributed by atoms with Gasteiger partial charge in [0.15, 0.2) is 0 Å². The van der Waals surface area contributed by atoms with E-state index < -0.39 is 0 Å². The Morgan fingerprint density at radius 1 is 1.16 bits per heavy atom. The second kappa shape index (κ2) is 6.64. The third-order valence-electron chi connectivity index (χ3n) is 2.67. The van der Waals surface area contributed by atoms with E-state index in [9.17, 15) is 4.79 Å². The summed E-state index contributed by atoms with van der Waals surface area (Å²) >= 11 is 7.68. The average Bonchev–Trinajstić information content (AvgIpc) is 2.42. The Bertz CT molecular complexity index is 569. The third kappa shape index (κ3) is 4.01. The molecule has 0 bridgehead atoms. The molecule has 0 fully saturated rings. The van der Waals surface area contributed by atoms with Crippen molar-refractivity contribution >= 4 is 35.0 Å². The Hall–Kier alpha value is -1.45. The minimum atomic E-state index is -0.0648. The van der Waals surface area contributed by atoms with Crippen LogP contribution in [0.5, 0.6) is 0 Å². The van der Waals surface area contributed by atoms with Crippen molar-refractivity contribution in [1.29, 1.82) is 0 Å². The van der Waals surface area contributed by atoms with Gasteiger partial charge >= 0.3 is 0 Å². The average molecular weight is 292 g/mol. The Morgan fingerprint density at radius 2 is 1.84 bits per heavy atom. The lowest BCUT2D eigenvalue weighted by Gasteiger charge is -2.07. The molecule has 0 aliphatic rings. The Kier molecular flexibility index (Phi) is 4.88. The first kappa shape index (κ1) is 14.0. The van der Waals surface area contributed by atoms with Gasteiger partial charge in [-0.15, -0.1) is 11.8 Å². The van der Waals surface area contributed by atoms with Crippen LogP contribution in [0, 0.1) is 0 Å². The van der Waals surface area contributed by atoms with Crippen LogP contribution in [-0.4, -0.2) is 12.2 Å². The molecule has 0 unspecified atom stereocenters. The number of rotatable bonds is 4. The number of carbonyl (C=O) groups is 1. The van der Waals surface area contributed by atoms with E-state index in [1.54, 1.807) is 23.9 Å². The van der Waals surface area contributed by atoms with Crippen LogP contribution in [0.2, 0.25) is 5.02 Å². The van der Waals surface area contributed by atoms with Crippen molar-refractivity contribution in [2.24, 2.45) is 0 Å². The molecule has 1 amide bonds. The molecule has 0 atom stereocenters. The van der Waals surface area contributed by atoms with Crippen molar-refractivity contribution in [2.45, 2.75) is 11.3 Å². The molecule has 98 valence electrons. The highest BCUT2D eigenvalue weighted by Crippen LogP contribution is 2.21. The van der Waals surface area contributed by atoms with Gasteiger partial charge in [0.25, 0.3) is 0 Å². The second-order valence-corrected chi connectivity index (χ2v) is 5.34. The molecule has 4 heteroatoms. The van der Waals surface area contributed by atoms with Gasteiger partial charge in [-0.25, -0.2) is 0 Å². The number of carbonyl (C=O) groups excluding carboxylic acids is 1. The third-order valence-corrected chi connectivity index (χ3v) is 3.74. The van der Waals surface area contributed by atoms with Crippen molar-refractivity contribution in [3.8, 4) is 0 Å². The fourth-order valence-corrected chi connectivity index (χ4v) is 2.28. The van der Waals surface area contributed by atoms with E-state index in [-0.39, 0.29) is 5.91 Å². The van der Waals surface area contributed by atoms with E-state index in [2.05, 4.69) is 5.32 Å². The largest absolute Gasteiger partial charge is 0.324 e. The topological polar surface area (TPSA) is 29.1 Å². The van der Waals surface area contributed by atoms with Crippen molar-refractivity contribution in [3.05, 3.63) is 59.1 Å². The van der Waals surface area contributed by atoms with Crippen molar-refractivity contribution < 1.29 is 4.79 Å². The molecule has 0 aliphatic heterocycles. The molecule has 1 N–H and O–H groups in total. The number of anilines is 1. The van der Waals surface area contributed by atoms with Crippen LogP contribution >= 0.6 is 23.4 Å². The zero-order valence-corrected chi connectivity index (χ0v) is 12.1. The predicted molar refractivity (Wildman–Crippen MR) is 82.0 cm³/mol. The summed E-state index contributed by atoms with van der Waals surface area (Å²) in [4.78, 5) is 13.1. The van der Waals surface area contributed by atoms with Gasteiger partial charge in [0.2, 0.25) is 5.91 Å². The van der Waals surface area contributed by atoms with Gasteiger partial charge in [-0.05, 0) is 36.1 Å². The van der Waals surface area contributed by atoms with Crippen LogP contribution in [0.3, 0.4) is 0 Å².